The van der Waals surface area contributed by atoms with E-state index in [4.69, 9.17) is 5.73 Å². The van der Waals surface area contributed by atoms with Crippen LogP contribution < -0.4 is 11.1 Å². The topological polar surface area (TPSA) is 102 Å². The Morgan fingerprint density at radius 1 is 1.33 bits per heavy atom. The molecule has 2 heterocycles. The summed E-state index contributed by atoms with van der Waals surface area (Å²) >= 11 is 0. The van der Waals surface area contributed by atoms with Crippen LogP contribution in [0.5, 0.6) is 0 Å². The zero-order valence-electron chi connectivity index (χ0n) is 13.4. The minimum atomic E-state index is -0.691. The van der Waals surface area contributed by atoms with Gasteiger partial charge in [0.15, 0.2) is 17.4 Å². The summed E-state index contributed by atoms with van der Waals surface area (Å²) in [5.41, 5.74) is 7.16. The van der Waals surface area contributed by atoms with Crippen molar-refractivity contribution in [1.82, 2.24) is 9.61 Å². The van der Waals surface area contributed by atoms with E-state index >= 15 is 0 Å². The molecule has 0 aliphatic heterocycles. The standard InChI is InChI=1S/C17H19N5O2/c1-11-14(23)7-6-12(16(11)24)20-15-13-5-2-3-10-22(13)21-17(15)19-9-4-8-18/h2-3,5-7,10-11H,4,8-9,18H2,1H3,(H,19,21). The summed E-state index contributed by atoms with van der Waals surface area (Å²) < 4.78 is 1.70. The van der Waals surface area contributed by atoms with Crippen LogP contribution in [-0.4, -0.2) is 40.0 Å². The molecule has 0 bridgehead atoms. The zero-order valence-corrected chi connectivity index (χ0v) is 13.4. The number of hydrogen-bond donors (Lipinski definition) is 2. The fraction of sp³-hybridized carbons (Fsp3) is 0.294. The summed E-state index contributed by atoms with van der Waals surface area (Å²) in [6.07, 6.45) is 5.49. The Morgan fingerprint density at radius 3 is 2.96 bits per heavy atom. The van der Waals surface area contributed by atoms with Gasteiger partial charge in [0.05, 0.1) is 11.4 Å². The van der Waals surface area contributed by atoms with Gasteiger partial charge < -0.3 is 11.1 Å². The number of nitrogens with zero attached hydrogens (tertiary/aromatic N) is 3. The second-order valence-corrected chi connectivity index (χ2v) is 5.62. The Kier molecular flexibility index (Phi) is 4.52. The van der Waals surface area contributed by atoms with Gasteiger partial charge in [0.25, 0.3) is 0 Å². The van der Waals surface area contributed by atoms with Crippen LogP contribution in [-0.2, 0) is 9.59 Å². The third-order valence-corrected chi connectivity index (χ3v) is 3.90. The summed E-state index contributed by atoms with van der Waals surface area (Å²) in [6.45, 7) is 2.84. The van der Waals surface area contributed by atoms with Crippen LogP contribution in [0.15, 0.2) is 41.5 Å². The van der Waals surface area contributed by atoms with Crippen molar-refractivity contribution in [2.24, 2.45) is 16.6 Å². The highest BCUT2D eigenvalue weighted by molar-refractivity contribution is 6.50. The quantitative estimate of drug-likeness (QED) is 0.641. The van der Waals surface area contributed by atoms with Crippen LogP contribution in [0.25, 0.3) is 5.52 Å². The molecule has 7 heteroatoms. The molecule has 24 heavy (non-hydrogen) atoms. The van der Waals surface area contributed by atoms with Crippen LogP contribution in [0.4, 0.5) is 11.5 Å². The fourth-order valence-corrected chi connectivity index (χ4v) is 2.48. The molecule has 124 valence electrons. The van der Waals surface area contributed by atoms with E-state index in [2.05, 4.69) is 15.4 Å². The third-order valence-electron chi connectivity index (χ3n) is 3.90. The monoisotopic (exact) mass is 325 g/mol. The number of anilines is 1. The Balaban J connectivity index is 2.05. The van der Waals surface area contributed by atoms with Crippen LogP contribution in [0.2, 0.25) is 0 Å². The van der Waals surface area contributed by atoms with Crippen molar-refractivity contribution in [3.8, 4) is 0 Å². The Morgan fingerprint density at radius 2 is 2.17 bits per heavy atom. The van der Waals surface area contributed by atoms with Crippen LogP contribution in [0.1, 0.15) is 13.3 Å². The van der Waals surface area contributed by atoms with Gasteiger partial charge in [-0.05, 0) is 44.2 Å². The van der Waals surface area contributed by atoms with Gasteiger partial charge in [0.2, 0.25) is 0 Å². The number of aliphatic imine (C=N–C) groups is 1. The number of rotatable bonds is 5. The molecular formula is C17H19N5O2. The Hall–Kier alpha value is -2.80. The number of ketones is 2. The minimum absolute atomic E-state index is 0.194. The van der Waals surface area contributed by atoms with Crippen molar-refractivity contribution < 1.29 is 9.59 Å². The first-order chi connectivity index (χ1) is 11.6. The molecule has 2 aromatic heterocycles. The largest absolute Gasteiger partial charge is 0.367 e. The maximum absolute atomic E-state index is 12.3. The van der Waals surface area contributed by atoms with Gasteiger partial charge in [-0.2, -0.15) is 0 Å². The first kappa shape index (κ1) is 16.1. The van der Waals surface area contributed by atoms with Gasteiger partial charge in [-0.1, -0.05) is 6.07 Å². The number of pyridine rings is 1. The average molecular weight is 325 g/mol. The van der Waals surface area contributed by atoms with E-state index in [9.17, 15) is 9.59 Å². The molecular weight excluding hydrogens is 306 g/mol. The number of nitrogens with one attached hydrogen (secondary N) is 1. The van der Waals surface area contributed by atoms with Gasteiger partial charge in [-0.15, -0.1) is 5.10 Å². The maximum Gasteiger partial charge on any atom is 0.191 e. The van der Waals surface area contributed by atoms with E-state index in [1.54, 1.807) is 11.4 Å². The van der Waals surface area contributed by atoms with Crippen molar-refractivity contribution in [2.45, 2.75) is 13.3 Å². The number of fused-ring (bicyclic) bond motifs is 1. The van der Waals surface area contributed by atoms with Crippen LogP contribution >= 0.6 is 0 Å². The molecule has 0 saturated heterocycles. The molecule has 0 aromatic carbocycles. The highest BCUT2D eigenvalue weighted by Crippen LogP contribution is 2.30. The van der Waals surface area contributed by atoms with Gasteiger partial charge in [-0.3, -0.25) is 9.59 Å². The summed E-state index contributed by atoms with van der Waals surface area (Å²) in [7, 11) is 0. The molecule has 1 aliphatic rings. The lowest BCUT2D eigenvalue weighted by atomic mass is 9.92. The summed E-state index contributed by atoms with van der Waals surface area (Å²) in [6, 6.07) is 5.63. The number of hydrogen-bond acceptors (Lipinski definition) is 6. The first-order valence-electron chi connectivity index (χ1n) is 7.88. The molecule has 0 fully saturated rings. The van der Waals surface area contributed by atoms with Gasteiger partial charge in [-0.25, -0.2) is 9.51 Å². The molecule has 3 N–H and O–H groups in total. The normalized spacial score (nSPS) is 19.4. The molecule has 0 radical (unpaired) electrons. The van der Waals surface area contributed by atoms with Gasteiger partial charge in [0, 0.05) is 12.7 Å². The second-order valence-electron chi connectivity index (χ2n) is 5.62. The predicted molar refractivity (Wildman–Crippen MR) is 92.8 cm³/mol. The Bertz CT molecular complexity index is 850. The molecule has 0 saturated carbocycles. The maximum atomic E-state index is 12.3. The van der Waals surface area contributed by atoms with E-state index in [-0.39, 0.29) is 17.3 Å². The third kappa shape index (κ3) is 2.98. The molecule has 0 amide bonds. The van der Waals surface area contributed by atoms with E-state index in [1.165, 1.54) is 12.2 Å². The summed E-state index contributed by atoms with van der Waals surface area (Å²) in [5, 5.41) is 7.67. The lowest BCUT2D eigenvalue weighted by Crippen LogP contribution is -2.29. The number of allylic oxidation sites excluding steroid dienone is 2. The molecule has 0 spiro atoms. The molecule has 3 rings (SSSR count). The zero-order chi connectivity index (χ0) is 17.1. The van der Waals surface area contributed by atoms with E-state index < -0.39 is 5.92 Å². The number of Topliss-reactive ketones (excluding diaryl/α,β-unsaturated/α-hetero) is 1. The van der Waals surface area contributed by atoms with Crippen LogP contribution in [0, 0.1) is 5.92 Å². The predicted octanol–water partition coefficient (Wildman–Crippen LogP) is 1.51. The van der Waals surface area contributed by atoms with Crippen molar-refractivity contribution >= 4 is 34.3 Å². The highest BCUT2D eigenvalue weighted by atomic mass is 16.2. The first-order valence-corrected chi connectivity index (χ1v) is 7.88. The number of nitrogens with two attached hydrogens (primary N) is 1. The summed E-state index contributed by atoms with van der Waals surface area (Å²) in [5.74, 6) is -0.567. The fourth-order valence-electron chi connectivity index (χ4n) is 2.48. The molecule has 2 aromatic rings. The van der Waals surface area contributed by atoms with E-state index in [1.807, 2.05) is 24.4 Å². The molecule has 1 aliphatic carbocycles. The van der Waals surface area contributed by atoms with Crippen molar-refractivity contribution in [3.63, 3.8) is 0 Å². The highest BCUT2D eigenvalue weighted by Gasteiger charge is 2.27. The van der Waals surface area contributed by atoms with Gasteiger partial charge >= 0.3 is 0 Å². The molecule has 1 unspecified atom stereocenters. The average Bonchev–Trinajstić information content (AvgIpc) is 2.93. The second kappa shape index (κ2) is 6.76. The SMILES string of the molecule is CC1C(=O)C=CC(=Nc2c(NCCCN)nn3ccccc23)C1=O. The number of aromatic nitrogens is 2. The smallest absolute Gasteiger partial charge is 0.191 e. The minimum Gasteiger partial charge on any atom is -0.367 e. The van der Waals surface area contributed by atoms with Crippen molar-refractivity contribution in [2.75, 3.05) is 18.4 Å². The lowest BCUT2D eigenvalue weighted by molar-refractivity contribution is -0.126. The number of carbonyl (C=O) groups is 2. The number of carbonyl (C=O) groups excluding carboxylic acids is 2. The van der Waals surface area contributed by atoms with Gasteiger partial charge in [0.1, 0.15) is 11.4 Å². The van der Waals surface area contributed by atoms with E-state index in [0.29, 0.717) is 24.6 Å². The van der Waals surface area contributed by atoms with Crippen LogP contribution in [0.3, 0.4) is 0 Å². The Labute approximate surface area is 139 Å². The summed E-state index contributed by atoms with van der Waals surface area (Å²) in [4.78, 5) is 28.4. The molecule has 1 atom stereocenters. The van der Waals surface area contributed by atoms with E-state index in [0.717, 1.165) is 11.9 Å². The molecule has 7 nitrogen and oxygen atoms in total. The lowest BCUT2D eigenvalue weighted by Gasteiger charge is -2.12. The van der Waals surface area contributed by atoms with Crippen molar-refractivity contribution in [1.29, 1.82) is 0 Å². The van der Waals surface area contributed by atoms with Crippen molar-refractivity contribution in [3.05, 3.63) is 36.5 Å².